The highest BCUT2D eigenvalue weighted by molar-refractivity contribution is 6.42. The molecule has 1 amide bonds. The van der Waals surface area contributed by atoms with Gasteiger partial charge in [-0.05, 0) is 73.4 Å². The molecule has 0 spiro atoms. The van der Waals surface area contributed by atoms with Crippen molar-refractivity contribution < 1.29 is 9.59 Å². The molecule has 2 aromatic carbocycles. The lowest BCUT2D eigenvalue weighted by atomic mass is 9.79. The van der Waals surface area contributed by atoms with E-state index in [9.17, 15) is 9.59 Å². The number of amides is 1. The largest absolute Gasteiger partial charge is 0.339 e. The molecule has 1 unspecified atom stereocenters. The highest BCUT2D eigenvalue weighted by atomic mass is 35.5. The maximum absolute atomic E-state index is 13.1. The van der Waals surface area contributed by atoms with Crippen molar-refractivity contribution in [2.45, 2.75) is 64.3 Å². The maximum atomic E-state index is 13.1. The van der Waals surface area contributed by atoms with E-state index in [-0.39, 0.29) is 11.7 Å². The summed E-state index contributed by atoms with van der Waals surface area (Å²) in [5.41, 5.74) is 1.84. The summed E-state index contributed by atoms with van der Waals surface area (Å²) in [7, 11) is 0. The van der Waals surface area contributed by atoms with Crippen LogP contribution in [-0.2, 0) is 5.41 Å². The third-order valence-corrected chi connectivity index (χ3v) is 8.45. The van der Waals surface area contributed by atoms with Gasteiger partial charge in [0.15, 0.2) is 5.78 Å². The molecule has 2 aromatic rings. The van der Waals surface area contributed by atoms with Gasteiger partial charge in [0, 0.05) is 43.2 Å². The van der Waals surface area contributed by atoms with E-state index in [1.807, 2.05) is 30.9 Å². The maximum Gasteiger partial charge on any atom is 0.253 e. The van der Waals surface area contributed by atoms with Crippen molar-refractivity contribution in [3.63, 3.8) is 0 Å². The molecule has 35 heavy (non-hydrogen) atoms. The lowest BCUT2D eigenvalue weighted by Gasteiger charge is -2.41. The van der Waals surface area contributed by atoms with Crippen molar-refractivity contribution >= 4 is 34.9 Å². The van der Waals surface area contributed by atoms with Gasteiger partial charge >= 0.3 is 0 Å². The first-order chi connectivity index (χ1) is 16.6. The standard InChI is InChI=1S/C29H36Cl2N2O2/c1-20-5-4-14-33(19-20)24-12-15-32(16-13-24)28(35)22-8-6-21(7-9-22)27(34)18-29(2,3)23-10-11-25(30)26(31)17-23/h6-11,17,20,24H,4-5,12-16,18-19H2,1-3H3. The zero-order valence-corrected chi connectivity index (χ0v) is 22.5. The molecular weight excluding hydrogens is 479 g/mol. The average molecular weight is 516 g/mol. The predicted molar refractivity (Wildman–Crippen MR) is 144 cm³/mol. The molecule has 0 N–H and O–H groups in total. The average Bonchev–Trinajstić information content (AvgIpc) is 2.85. The van der Waals surface area contributed by atoms with Gasteiger partial charge in [-0.2, -0.15) is 0 Å². The van der Waals surface area contributed by atoms with Gasteiger partial charge in [-0.25, -0.2) is 0 Å². The smallest absolute Gasteiger partial charge is 0.253 e. The van der Waals surface area contributed by atoms with Crippen LogP contribution in [-0.4, -0.2) is 53.7 Å². The minimum Gasteiger partial charge on any atom is -0.339 e. The van der Waals surface area contributed by atoms with Gasteiger partial charge < -0.3 is 4.90 Å². The molecule has 0 aromatic heterocycles. The lowest BCUT2D eigenvalue weighted by Crippen LogP contribution is -2.49. The Bertz CT molecular complexity index is 1060. The van der Waals surface area contributed by atoms with Crippen LogP contribution in [0.1, 0.15) is 79.2 Å². The Morgan fingerprint density at radius 2 is 1.57 bits per heavy atom. The second-order valence-electron chi connectivity index (χ2n) is 11.0. The third kappa shape index (κ3) is 6.28. The van der Waals surface area contributed by atoms with Crippen LogP contribution in [0.2, 0.25) is 10.0 Å². The fourth-order valence-electron chi connectivity index (χ4n) is 5.50. The molecule has 2 heterocycles. The summed E-state index contributed by atoms with van der Waals surface area (Å²) in [5.74, 6) is 0.876. The van der Waals surface area contributed by atoms with Crippen LogP contribution in [0.25, 0.3) is 0 Å². The number of Topliss-reactive ketones (excluding diaryl/α,β-unsaturated/α-hetero) is 1. The molecule has 2 fully saturated rings. The zero-order chi connectivity index (χ0) is 25.2. The second-order valence-corrected chi connectivity index (χ2v) is 11.8. The number of hydrogen-bond donors (Lipinski definition) is 0. The van der Waals surface area contributed by atoms with Crippen LogP contribution >= 0.6 is 23.2 Å². The monoisotopic (exact) mass is 514 g/mol. The summed E-state index contributed by atoms with van der Waals surface area (Å²) in [6.07, 6.45) is 5.04. The molecule has 2 aliphatic heterocycles. The van der Waals surface area contributed by atoms with Gasteiger partial charge in [0.1, 0.15) is 0 Å². The summed E-state index contributed by atoms with van der Waals surface area (Å²) in [6.45, 7) is 10.4. The number of piperidine rings is 2. The topological polar surface area (TPSA) is 40.6 Å². The normalized spacial score (nSPS) is 20.1. The highest BCUT2D eigenvalue weighted by Gasteiger charge is 2.30. The minimum absolute atomic E-state index is 0.0386. The number of halogens is 2. The number of likely N-dealkylation sites (tertiary alicyclic amines) is 2. The summed E-state index contributed by atoms with van der Waals surface area (Å²) in [5, 5.41) is 0.991. The first-order valence-electron chi connectivity index (χ1n) is 12.8. The lowest BCUT2D eigenvalue weighted by molar-refractivity contribution is 0.0541. The summed E-state index contributed by atoms with van der Waals surface area (Å²) in [6, 6.07) is 13.2. The van der Waals surface area contributed by atoms with Crippen molar-refractivity contribution in [3.8, 4) is 0 Å². The molecule has 4 nitrogen and oxygen atoms in total. The van der Waals surface area contributed by atoms with Crippen molar-refractivity contribution in [3.05, 3.63) is 69.2 Å². The number of carbonyl (C=O) groups is 2. The minimum atomic E-state index is -0.393. The molecule has 0 bridgehead atoms. The number of carbonyl (C=O) groups excluding carboxylic acids is 2. The van der Waals surface area contributed by atoms with E-state index < -0.39 is 5.41 Å². The van der Waals surface area contributed by atoms with Gasteiger partial charge in [-0.15, -0.1) is 0 Å². The van der Waals surface area contributed by atoms with Gasteiger partial charge in [0.05, 0.1) is 10.0 Å². The van der Waals surface area contributed by atoms with Gasteiger partial charge in [0.25, 0.3) is 5.91 Å². The van der Waals surface area contributed by atoms with E-state index in [0.717, 1.165) is 37.4 Å². The van der Waals surface area contributed by atoms with Crippen molar-refractivity contribution in [2.24, 2.45) is 5.92 Å². The molecule has 6 heteroatoms. The number of nitrogens with zero attached hydrogens (tertiary/aromatic N) is 2. The summed E-state index contributed by atoms with van der Waals surface area (Å²) < 4.78 is 0. The van der Waals surface area contributed by atoms with E-state index in [1.54, 1.807) is 30.3 Å². The van der Waals surface area contributed by atoms with Gasteiger partial charge in [-0.3, -0.25) is 14.5 Å². The fourth-order valence-corrected chi connectivity index (χ4v) is 5.79. The first kappa shape index (κ1) is 26.2. The third-order valence-electron chi connectivity index (χ3n) is 7.71. The summed E-state index contributed by atoms with van der Waals surface area (Å²) in [4.78, 5) is 30.7. The van der Waals surface area contributed by atoms with E-state index in [1.165, 1.54) is 25.9 Å². The second kappa shape index (κ2) is 11.0. The molecule has 0 aliphatic carbocycles. The van der Waals surface area contributed by atoms with Crippen molar-refractivity contribution in [2.75, 3.05) is 26.2 Å². The molecule has 0 radical (unpaired) electrons. The molecule has 1 atom stereocenters. The van der Waals surface area contributed by atoms with Crippen LogP contribution in [0.4, 0.5) is 0 Å². The van der Waals surface area contributed by atoms with Crippen molar-refractivity contribution in [1.82, 2.24) is 9.80 Å². The Morgan fingerprint density at radius 1 is 0.914 bits per heavy atom. The fraction of sp³-hybridized carbons (Fsp3) is 0.517. The molecule has 0 saturated carbocycles. The van der Waals surface area contributed by atoms with Gasteiger partial charge in [-0.1, -0.05) is 62.2 Å². The van der Waals surface area contributed by atoms with E-state index in [4.69, 9.17) is 23.2 Å². The SMILES string of the molecule is CC1CCCN(C2CCN(C(=O)c3ccc(C(=O)CC(C)(C)c4ccc(Cl)c(Cl)c4)cc3)CC2)C1. The number of ketones is 1. The Kier molecular flexibility index (Phi) is 8.25. The van der Waals surface area contributed by atoms with E-state index in [2.05, 4.69) is 11.8 Å². The van der Waals surface area contributed by atoms with Crippen LogP contribution < -0.4 is 0 Å². The van der Waals surface area contributed by atoms with Gasteiger partial charge in [0.2, 0.25) is 0 Å². The van der Waals surface area contributed by atoms with Crippen LogP contribution in [0.5, 0.6) is 0 Å². The van der Waals surface area contributed by atoms with Crippen LogP contribution in [0.15, 0.2) is 42.5 Å². The number of rotatable bonds is 6. The Hall–Kier alpha value is -1.88. The molecule has 2 saturated heterocycles. The highest BCUT2D eigenvalue weighted by Crippen LogP contribution is 2.33. The van der Waals surface area contributed by atoms with E-state index in [0.29, 0.717) is 33.6 Å². The predicted octanol–water partition coefficient (Wildman–Crippen LogP) is 6.88. The zero-order valence-electron chi connectivity index (χ0n) is 21.0. The quantitative estimate of drug-likeness (QED) is 0.394. The molecule has 4 rings (SSSR count). The Balaban J connectivity index is 1.34. The van der Waals surface area contributed by atoms with Crippen molar-refractivity contribution in [1.29, 1.82) is 0 Å². The van der Waals surface area contributed by atoms with Crippen LogP contribution in [0, 0.1) is 5.92 Å². The molecule has 2 aliphatic rings. The van der Waals surface area contributed by atoms with E-state index >= 15 is 0 Å². The Morgan fingerprint density at radius 3 is 2.20 bits per heavy atom. The summed E-state index contributed by atoms with van der Waals surface area (Å²) >= 11 is 12.2. The first-order valence-corrected chi connectivity index (χ1v) is 13.5. The molecular formula is C29H36Cl2N2O2. The Labute approximate surface area is 219 Å². The number of hydrogen-bond acceptors (Lipinski definition) is 3. The molecule has 188 valence electrons. The van der Waals surface area contributed by atoms with Crippen LogP contribution in [0.3, 0.4) is 0 Å². The number of benzene rings is 2.